The van der Waals surface area contributed by atoms with E-state index in [4.69, 9.17) is 31.9 Å². The van der Waals surface area contributed by atoms with E-state index in [0.717, 1.165) is 12.8 Å². The molecule has 280 valence electrons. The number of amides is 2. The summed E-state index contributed by atoms with van der Waals surface area (Å²) in [7, 11) is 0. The number of nitrogens with two attached hydrogens (primary N) is 2. The molecule has 0 heterocycles. The summed E-state index contributed by atoms with van der Waals surface area (Å²) in [6.07, 6.45) is 1.58. The molecule has 2 amide bonds. The summed E-state index contributed by atoms with van der Waals surface area (Å²) in [6.45, 7) is 34.7. The summed E-state index contributed by atoms with van der Waals surface area (Å²) in [6, 6.07) is 0. The zero-order valence-corrected chi connectivity index (χ0v) is 32.9. The lowest BCUT2D eigenvalue weighted by Gasteiger charge is -2.09. The minimum absolute atomic E-state index is 0.00926. The number of carboxylic acid groups (broad SMARTS) is 2. The van der Waals surface area contributed by atoms with Crippen LogP contribution < -0.4 is 11.5 Å². The Morgan fingerprint density at radius 1 is 0.413 bits per heavy atom. The van der Waals surface area contributed by atoms with Gasteiger partial charge in [-0.1, -0.05) is 111 Å². The van der Waals surface area contributed by atoms with E-state index in [-0.39, 0.29) is 59.5 Å². The highest BCUT2D eigenvalue weighted by Gasteiger charge is 2.15. The summed E-state index contributed by atoms with van der Waals surface area (Å²) < 4.78 is 0. The standard InChI is InChI=1S/2C6H13NO.2C6H12O2.2C6H14O/c4*1-4(2)5(3)6(7)8;2*1-5(2)4-6(3)7/h2*4-5H,1-3H3,(H2,7,8);2*4-5H,1-3H3,(H,7,8);2*5-7H,4H2,1-3H3/t4*5-;2*6-/m101010/s1. The first kappa shape index (κ1) is 56.2. The topological polar surface area (TPSA) is 201 Å². The van der Waals surface area contributed by atoms with Gasteiger partial charge >= 0.3 is 11.9 Å². The Kier molecular flexibility index (Phi) is 40.0. The molecular formula is C36H78N2O8. The molecule has 0 rings (SSSR count). The van der Waals surface area contributed by atoms with Crippen LogP contribution in [0.5, 0.6) is 0 Å². The molecule has 0 spiro atoms. The minimum Gasteiger partial charge on any atom is -0.481 e. The monoisotopic (exact) mass is 667 g/mol. The number of aliphatic carboxylic acids is 2. The lowest BCUT2D eigenvalue weighted by Crippen LogP contribution is -2.24. The molecule has 0 aromatic carbocycles. The van der Waals surface area contributed by atoms with E-state index in [1.807, 2.05) is 83.1 Å². The lowest BCUT2D eigenvalue weighted by molar-refractivity contribution is -0.143. The number of aliphatic hydroxyl groups excluding tert-OH is 2. The molecule has 0 saturated heterocycles. The predicted molar refractivity (Wildman–Crippen MR) is 192 cm³/mol. The highest BCUT2D eigenvalue weighted by Crippen LogP contribution is 2.09. The quantitative estimate of drug-likeness (QED) is 0.127. The van der Waals surface area contributed by atoms with Gasteiger partial charge in [-0.3, -0.25) is 19.2 Å². The Morgan fingerprint density at radius 3 is 0.587 bits per heavy atom. The zero-order valence-electron chi connectivity index (χ0n) is 32.9. The van der Waals surface area contributed by atoms with Crippen LogP contribution in [0.25, 0.3) is 0 Å². The van der Waals surface area contributed by atoms with Crippen molar-refractivity contribution in [2.75, 3.05) is 0 Å². The Morgan fingerprint density at radius 2 is 0.587 bits per heavy atom. The molecular weight excluding hydrogens is 588 g/mol. The van der Waals surface area contributed by atoms with Gasteiger partial charge in [0.2, 0.25) is 11.8 Å². The highest BCUT2D eigenvalue weighted by atomic mass is 16.4. The molecule has 46 heavy (non-hydrogen) atoms. The molecule has 6 atom stereocenters. The van der Waals surface area contributed by atoms with E-state index in [1.165, 1.54) is 0 Å². The second kappa shape index (κ2) is 32.7. The summed E-state index contributed by atoms with van der Waals surface area (Å²) in [5.41, 5.74) is 10.00. The number of carbonyl (C=O) groups excluding carboxylic acids is 2. The van der Waals surface area contributed by atoms with E-state index >= 15 is 0 Å². The molecule has 0 aromatic heterocycles. The molecule has 0 aliphatic rings. The fourth-order valence-electron chi connectivity index (χ4n) is 2.59. The van der Waals surface area contributed by atoms with E-state index < -0.39 is 11.9 Å². The van der Waals surface area contributed by atoms with Gasteiger partial charge in [-0.25, -0.2) is 0 Å². The number of carbonyl (C=O) groups is 4. The van der Waals surface area contributed by atoms with Crippen molar-refractivity contribution < 1.29 is 39.6 Å². The fourth-order valence-corrected chi connectivity index (χ4v) is 2.59. The number of primary amides is 2. The SMILES string of the molecule is CC(C)C[C@@H](C)O.CC(C)C[C@H](C)O.CC(C)[C@@H](C)C(=O)O.CC(C)[C@@H](C)C(N)=O.CC(C)[C@H](C)C(=O)O.CC(C)[C@H](C)C(N)=O. The van der Waals surface area contributed by atoms with Crippen LogP contribution in [0.2, 0.25) is 0 Å². The maximum absolute atomic E-state index is 10.4. The van der Waals surface area contributed by atoms with E-state index in [9.17, 15) is 19.2 Å². The fraction of sp³-hybridized carbons (Fsp3) is 0.889. The summed E-state index contributed by atoms with van der Waals surface area (Å²) in [5.74, 6) is 0.231. The van der Waals surface area contributed by atoms with Gasteiger partial charge in [-0.15, -0.1) is 0 Å². The second-order valence-electron chi connectivity index (χ2n) is 14.6. The van der Waals surface area contributed by atoms with Crippen molar-refractivity contribution in [3.8, 4) is 0 Å². The Balaban J connectivity index is -0.000000104. The Bertz CT molecular complexity index is 626. The van der Waals surface area contributed by atoms with Gasteiger partial charge in [-0.05, 0) is 62.2 Å². The van der Waals surface area contributed by atoms with Crippen molar-refractivity contribution in [1.29, 1.82) is 0 Å². The Hall–Kier alpha value is -2.20. The van der Waals surface area contributed by atoms with Crippen molar-refractivity contribution in [3.63, 3.8) is 0 Å². The van der Waals surface area contributed by atoms with Gasteiger partial charge in [0.1, 0.15) is 0 Å². The maximum Gasteiger partial charge on any atom is 0.306 e. The highest BCUT2D eigenvalue weighted by molar-refractivity contribution is 5.76. The molecule has 0 saturated carbocycles. The zero-order chi connectivity index (χ0) is 38.7. The van der Waals surface area contributed by atoms with Crippen LogP contribution >= 0.6 is 0 Å². The summed E-state index contributed by atoms with van der Waals surface area (Å²) in [4.78, 5) is 41.0. The molecule has 0 bridgehead atoms. The molecule has 10 nitrogen and oxygen atoms in total. The molecule has 0 fully saturated rings. The maximum atomic E-state index is 10.4. The molecule has 0 radical (unpaired) electrons. The number of carboxylic acids is 2. The number of aliphatic hydroxyl groups is 2. The number of rotatable bonds is 12. The first-order valence-corrected chi connectivity index (χ1v) is 16.9. The van der Waals surface area contributed by atoms with Gasteiger partial charge < -0.3 is 31.9 Å². The third-order valence-corrected chi connectivity index (χ3v) is 7.30. The van der Waals surface area contributed by atoms with Crippen LogP contribution in [-0.4, -0.2) is 56.4 Å². The van der Waals surface area contributed by atoms with Crippen LogP contribution in [0.1, 0.15) is 137 Å². The van der Waals surface area contributed by atoms with Gasteiger partial charge in [0.05, 0.1) is 24.0 Å². The Labute approximate surface area is 283 Å². The van der Waals surface area contributed by atoms with E-state index in [1.54, 1.807) is 13.8 Å². The van der Waals surface area contributed by atoms with Gasteiger partial charge in [0.25, 0.3) is 0 Å². The molecule has 8 N–H and O–H groups in total. The molecule has 0 aliphatic carbocycles. The van der Waals surface area contributed by atoms with Crippen LogP contribution in [0.4, 0.5) is 0 Å². The smallest absolute Gasteiger partial charge is 0.306 e. The van der Waals surface area contributed by atoms with Gasteiger partial charge in [0, 0.05) is 11.8 Å². The van der Waals surface area contributed by atoms with Crippen LogP contribution in [0.3, 0.4) is 0 Å². The number of hydrogen-bond acceptors (Lipinski definition) is 6. The third kappa shape index (κ3) is 48.7. The molecule has 0 aromatic rings. The summed E-state index contributed by atoms with van der Waals surface area (Å²) in [5, 5.41) is 34.2. The lowest BCUT2D eigenvalue weighted by atomic mass is 9.98. The number of hydrogen-bond donors (Lipinski definition) is 6. The third-order valence-electron chi connectivity index (χ3n) is 7.30. The van der Waals surface area contributed by atoms with E-state index in [2.05, 4.69) is 27.7 Å². The second-order valence-corrected chi connectivity index (χ2v) is 14.6. The van der Waals surface area contributed by atoms with Crippen LogP contribution in [-0.2, 0) is 19.2 Å². The average molecular weight is 667 g/mol. The normalized spacial score (nSPS) is 14.3. The first-order valence-electron chi connectivity index (χ1n) is 16.9. The van der Waals surface area contributed by atoms with Crippen molar-refractivity contribution in [1.82, 2.24) is 0 Å². The van der Waals surface area contributed by atoms with E-state index in [0.29, 0.717) is 23.7 Å². The summed E-state index contributed by atoms with van der Waals surface area (Å²) >= 11 is 0. The predicted octanol–water partition coefficient (Wildman–Crippen LogP) is 7.08. The van der Waals surface area contributed by atoms with Crippen molar-refractivity contribution in [2.45, 2.75) is 150 Å². The first-order chi connectivity index (χ1) is 20.5. The molecule has 10 heteroatoms. The van der Waals surface area contributed by atoms with Crippen molar-refractivity contribution in [3.05, 3.63) is 0 Å². The van der Waals surface area contributed by atoms with Crippen LogP contribution in [0, 0.1) is 59.2 Å². The molecule has 0 aliphatic heterocycles. The van der Waals surface area contributed by atoms with Crippen molar-refractivity contribution in [2.24, 2.45) is 70.6 Å². The van der Waals surface area contributed by atoms with Crippen molar-refractivity contribution >= 4 is 23.8 Å². The largest absolute Gasteiger partial charge is 0.481 e. The van der Waals surface area contributed by atoms with Gasteiger partial charge in [0.15, 0.2) is 0 Å². The average Bonchev–Trinajstić information content (AvgIpc) is 2.86. The van der Waals surface area contributed by atoms with Gasteiger partial charge in [-0.2, -0.15) is 0 Å². The van der Waals surface area contributed by atoms with Crippen LogP contribution in [0.15, 0.2) is 0 Å². The minimum atomic E-state index is -0.708. The molecule has 0 unspecified atom stereocenters.